The van der Waals surface area contributed by atoms with Crippen LogP contribution in [0.2, 0.25) is 0 Å². The number of benzene rings is 2. The first-order valence-electron chi connectivity index (χ1n) is 12.0. The standard InChI is InChI=1S/C27H33F3N4O3/c1-34(2)12-6-11-32-18-9-10-23(27(28,29)30)24(15-18)33-26(35)22-8-5-7-21(22)25(31)17-13-19(36-3)16-20(14-17)37-4/h9-10,13-16,31-32H,5-8,11-12H2,1-4H3,(H,33,35). The molecule has 0 radical (unpaired) electrons. The molecule has 0 heterocycles. The van der Waals surface area contributed by atoms with Crippen LogP contribution in [-0.4, -0.2) is 57.9 Å². The van der Waals surface area contributed by atoms with Gasteiger partial charge in [-0.15, -0.1) is 0 Å². The number of hydrogen-bond acceptors (Lipinski definition) is 6. The molecule has 0 aromatic heterocycles. The van der Waals surface area contributed by atoms with E-state index in [9.17, 15) is 18.0 Å². The molecule has 10 heteroatoms. The van der Waals surface area contributed by atoms with Crippen LogP contribution in [0.25, 0.3) is 0 Å². The molecule has 0 spiro atoms. The Morgan fingerprint density at radius 1 is 1.03 bits per heavy atom. The van der Waals surface area contributed by atoms with Gasteiger partial charge in [0.25, 0.3) is 5.91 Å². The van der Waals surface area contributed by atoms with Gasteiger partial charge in [-0.1, -0.05) is 0 Å². The fourth-order valence-corrected chi connectivity index (χ4v) is 4.23. The molecular weight excluding hydrogens is 485 g/mol. The third kappa shape index (κ3) is 7.25. The normalized spacial score (nSPS) is 13.6. The predicted molar refractivity (Wildman–Crippen MR) is 139 cm³/mol. The van der Waals surface area contributed by atoms with Gasteiger partial charge in [-0.05, 0) is 82.2 Å². The molecule has 0 aliphatic heterocycles. The van der Waals surface area contributed by atoms with Gasteiger partial charge in [0.2, 0.25) is 0 Å². The van der Waals surface area contributed by atoms with E-state index in [4.69, 9.17) is 14.9 Å². The molecule has 1 amide bonds. The maximum atomic E-state index is 13.7. The first-order valence-corrected chi connectivity index (χ1v) is 12.0. The minimum atomic E-state index is -4.64. The van der Waals surface area contributed by atoms with Crippen LogP contribution in [0.1, 0.15) is 36.8 Å². The zero-order valence-electron chi connectivity index (χ0n) is 21.5. The number of carbonyl (C=O) groups excluding carboxylic acids is 1. The van der Waals surface area contributed by atoms with E-state index >= 15 is 0 Å². The number of halogens is 3. The summed E-state index contributed by atoms with van der Waals surface area (Å²) in [5.74, 6) is 0.351. The molecule has 200 valence electrons. The lowest BCUT2D eigenvalue weighted by molar-refractivity contribution is -0.136. The van der Waals surface area contributed by atoms with E-state index in [1.165, 1.54) is 26.4 Å². The molecule has 2 aromatic carbocycles. The van der Waals surface area contributed by atoms with Gasteiger partial charge in [0.15, 0.2) is 0 Å². The van der Waals surface area contributed by atoms with Crippen molar-refractivity contribution in [2.24, 2.45) is 0 Å². The number of nitrogens with one attached hydrogen (secondary N) is 3. The number of ether oxygens (including phenoxy) is 2. The number of carbonyl (C=O) groups is 1. The van der Waals surface area contributed by atoms with E-state index in [2.05, 4.69) is 10.6 Å². The summed E-state index contributed by atoms with van der Waals surface area (Å²) in [5.41, 5.74) is 0.670. The molecule has 0 unspecified atom stereocenters. The van der Waals surface area contributed by atoms with E-state index in [0.29, 0.717) is 59.7 Å². The molecule has 2 aromatic rings. The Balaban J connectivity index is 1.87. The topological polar surface area (TPSA) is 86.7 Å². The molecule has 0 fully saturated rings. The zero-order chi connectivity index (χ0) is 27.2. The lowest BCUT2D eigenvalue weighted by Gasteiger charge is -2.17. The van der Waals surface area contributed by atoms with Crippen molar-refractivity contribution in [1.29, 1.82) is 5.41 Å². The Bertz CT molecular complexity index is 1150. The molecular formula is C27H33F3N4O3. The molecule has 37 heavy (non-hydrogen) atoms. The van der Waals surface area contributed by atoms with Gasteiger partial charge >= 0.3 is 6.18 Å². The Hall–Kier alpha value is -3.53. The van der Waals surface area contributed by atoms with Crippen molar-refractivity contribution in [3.05, 3.63) is 58.7 Å². The zero-order valence-corrected chi connectivity index (χ0v) is 21.5. The molecule has 1 aliphatic carbocycles. The molecule has 7 nitrogen and oxygen atoms in total. The van der Waals surface area contributed by atoms with Crippen LogP contribution in [0.5, 0.6) is 11.5 Å². The highest BCUT2D eigenvalue weighted by atomic mass is 19.4. The van der Waals surface area contributed by atoms with E-state index in [1.54, 1.807) is 18.2 Å². The number of hydrogen-bond donors (Lipinski definition) is 3. The van der Waals surface area contributed by atoms with Crippen molar-refractivity contribution >= 4 is 23.0 Å². The quantitative estimate of drug-likeness (QED) is 0.267. The van der Waals surface area contributed by atoms with Gasteiger partial charge < -0.3 is 25.0 Å². The van der Waals surface area contributed by atoms with E-state index in [-0.39, 0.29) is 11.4 Å². The van der Waals surface area contributed by atoms with Crippen LogP contribution in [-0.2, 0) is 11.0 Å². The van der Waals surface area contributed by atoms with E-state index in [1.807, 2.05) is 19.0 Å². The Morgan fingerprint density at radius 3 is 2.27 bits per heavy atom. The Morgan fingerprint density at radius 2 is 1.68 bits per heavy atom. The van der Waals surface area contributed by atoms with Crippen molar-refractivity contribution in [3.63, 3.8) is 0 Å². The van der Waals surface area contributed by atoms with Crippen LogP contribution in [0.4, 0.5) is 24.5 Å². The first kappa shape index (κ1) is 28.0. The molecule has 1 aliphatic rings. The second kappa shape index (κ2) is 12.1. The summed E-state index contributed by atoms with van der Waals surface area (Å²) >= 11 is 0. The van der Waals surface area contributed by atoms with Crippen molar-refractivity contribution in [1.82, 2.24) is 4.90 Å². The lowest BCUT2D eigenvalue weighted by atomic mass is 9.98. The third-order valence-corrected chi connectivity index (χ3v) is 6.12. The second-order valence-electron chi connectivity index (χ2n) is 9.08. The maximum absolute atomic E-state index is 13.7. The highest BCUT2D eigenvalue weighted by molar-refractivity contribution is 6.17. The van der Waals surface area contributed by atoms with E-state index in [0.717, 1.165) is 19.0 Å². The second-order valence-corrected chi connectivity index (χ2v) is 9.08. The molecule has 0 atom stereocenters. The molecule has 3 rings (SSSR count). The number of amides is 1. The summed E-state index contributed by atoms with van der Waals surface area (Å²) in [6.45, 7) is 1.41. The van der Waals surface area contributed by atoms with Crippen LogP contribution in [0, 0.1) is 5.41 Å². The van der Waals surface area contributed by atoms with Gasteiger partial charge in [0.1, 0.15) is 11.5 Å². The summed E-state index contributed by atoms with van der Waals surface area (Å²) in [4.78, 5) is 15.2. The first-order chi connectivity index (χ1) is 17.5. The SMILES string of the molecule is COc1cc(OC)cc(C(=N)C2=C(C(=O)Nc3cc(NCCCN(C)C)ccc3C(F)(F)F)CCC2)c1. The highest BCUT2D eigenvalue weighted by Gasteiger charge is 2.35. The predicted octanol–water partition coefficient (Wildman–Crippen LogP) is 5.57. The minimum absolute atomic E-state index is 0.118. The Labute approximate surface area is 215 Å². The number of anilines is 2. The smallest absolute Gasteiger partial charge is 0.418 e. The fraction of sp³-hybridized carbons (Fsp3) is 0.407. The van der Waals surface area contributed by atoms with Gasteiger partial charge in [0.05, 0.1) is 31.2 Å². The van der Waals surface area contributed by atoms with Gasteiger partial charge in [-0.25, -0.2) is 0 Å². The molecule has 0 saturated carbocycles. The summed E-state index contributed by atoms with van der Waals surface area (Å²) in [7, 11) is 6.89. The number of nitrogens with zero attached hydrogens (tertiary/aromatic N) is 1. The number of methoxy groups -OCH3 is 2. The van der Waals surface area contributed by atoms with Crippen LogP contribution >= 0.6 is 0 Å². The van der Waals surface area contributed by atoms with Crippen LogP contribution < -0.4 is 20.1 Å². The summed E-state index contributed by atoms with van der Waals surface area (Å²) in [6, 6.07) is 8.65. The summed E-state index contributed by atoms with van der Waals surface area (Å²) < 4.78 is 51.7. The van der Waals surface area contributed by atoms with Crippen molar-refractivity contribution in [2.45, 2.75) is 31.9 Å². The average Bonchev–Trinajstić information content (AvgIpc) is 3.35. The Kier molecular flexibility index (Phi) is 9.20. The third-order valence-electron chi connectivity index (χ3n) is 6.12. The monoisotopic (exact) mass is 518 g/mol. The summed E-state index contributed by atoms with van der Waals surface area (Å²) in [6.07, 6.45) is -2.36. The van der Waals surface area contributed by atoms with Crippen LogP contribution in [0.3, 0.4) is 0 Å². The van der Waals surface area contributed by atoms with Gasteiger partial charge in [-0.3, -0.25) is 10.2 Å². The fourth-order valence-electron chi connectivity index (χ4n) is 4.23. The van der Waals surface area contributed by atoms with Crippen LogP contribution in [0.15, 0.2) is 47.5 Å². The largest absolute Gasteiger partial charge is 0.497 e. The summed E-state index contributed by atoms with van der Waals surface area (Å²) in [5, 5.41) is 14.3. The van der Waals surface area contributed by atoms with Gasteiger partial charge in [-0.2, -0.15) is 13.2 Å². The molecule has 0 bridgehead atoms. The maximum Gasteiger partial charge on any atom is 0.418 e. The highest BCUT2D eigenvalue weighted by Crippen LogP contribution is 2.38. The van der Waals surface area contributed by atoms with Gasteiger partial charge in [0, 0.05) is 29.4 Å². The lowest BCUT2D eigenvalue weighted by Crippen LogP contribution is -2.20. The van der Waals surface area contributed by atoms with E-state index < -0.39 is 17.6 Å². The molecule has 3 N–H and O–H groups in total. The van der Waals surface area contributed by atoms with Crippen molar-refractivity contribution in [3.8, 4) is 11.5 Å². The minimum Gasteiger partial charge on any atom is -0.497 e. The van der Waals surface area contributed by atoms with Crippen molar-refractivity contribution < 1.29 is 27.4 Å². The number of rotatable bonds is 11. The molecule has 0 saturated heterocycles. The number of alkyl halides is 3. The average molecular weight is 519 g/mol. The number of allylic oxidation sites excluding steroid dienone is 1. The van der Waals surface area contributed by atoms with Crippen molar-refractivity contribution in [2.75, 3.05) is 52.0 Å².